The largest absolute Gasteiger partial charge is 0.504 e. The fraction of sp³-hybridized carbons (Fsp3) is 0.278. The number of aromatic hydroxyl groups is 3. The summed E-state index contributed by atoms with van der Waals surface area (Å²) in [7, 11) is 2.79. The first kappa shape index (κ1) is 16.8. The van der Waals surface area contributed by atoms with Crippen molar-refractivity contribution in [3.63, 3.8) is 0 Å². The Balaban J connectivity index is 1.94. The Morgan fingerprint density at radius 2 is 1.88 bits per heavy atom. The van der Waals surface area contributed by atoms with Crippen LogP contribution >= 0.6 is 0 Å². The molecular weight excluding hydrogens is 328 g/mol. The summed E-state index contributed by atoms with van der Waals surface area (Å²) in [6, 6.07) is 5.88. The Hall–Kier alpha value is -3.09. The molecule has 0 amide bonds. The van der Waals surface area contributed by atoms with E-state index >= 15 is 0 Å². The summed E-state index contributed by atoms with van der Waals surface area (Å²) >= 11 is 0. The van der Waals surface area contributed by atoms with Crippen LogP contribution in [0.5, 0.6) is 34.5 Å². The first-order valence-electron chi connectivity index (χ1n) is 7.62. The third-order valence-corrected chi connectivity index (χ3v) is 4.19. The van der Waals surface area contributed by atoms with Gasteiger partial charge in [0.25, 0.3) is 0 Å². The molecule has 1 aliphatic heterocycles. The minimum atomic E-state index is -0.541. The van der Waals surface area contributed by atoms with Gasteiger partial charge in [-0.3, -0.25) is 4.79 Å². The number of Topliss-reactive ketones (excluding diaryl/α,β-unsaturated/α-hetero) is 1. The number of phenolic OH excluding ortho intramolecular Hbond substituents is 3. The number of phenols is 3. The lowest BCUT2D eigenvalue weighted by Gasteiger charge is -2.26. The second-order valence-electron chi connectivity index (χ2n) is 5.73. The molecule has 3 rings (SSSR count). The van der Waals surface area contributed by atoms with Crippen LogP contribution in [0.2, 0.25) is 0 Å². The third kappa shape index (κ3) is 2.88. The number of rotatable bonds is 4. The first-order valence-corrected chi connectivity index (χ1v) is 7.62. The van der Waals surface area contributed by atoms with E-state index in [9.17, 15) is 20.1 Å². The molecule has 0 spiro atoms. The van der Waals surface area contributed by atoms with E-state index in [1.807, 2.05) is 0 Å². The van der Waals surface area contributed by atoms with Crippen LogP contribution in [0.1, 0.15) is 15.9 Å². The molecule has 1 heterocycles. The lowest BCUT2D eigenvalue weighted by molar-refractivity contribution is 0.0824. The Morgan fingerprint density at radius 3 is 2.52 bits per heavy atom. The monoisotopic (exact) mass is 346 g/mol. The Labute approximate surface area is 144 Å². The normalized spacial score (nSPS) is 16.1. The Morgan fingerprint density at radius 1 is 1.12 bits per heavy atom. The quantitative estimate of drug-likeness (QED) is 0.729. The zero-order valence-electron chi connectivity index (χ0n) is 13.8. The molecule has 0 saturated carbocycles. The van der Waals surface area contributed by atoms with Crippen LogP contribution in [-0.4, -0.2) is 41.9 Å². The van der Waals surface area contributed by atoms with Gasteiger partial charge in [0.15, 0.2) is 28.8 Å². The summed E-state index contributed by atoms with van der Waals surface area (Å²) in [6.07, 6.45) is 0.292. The smallest absolute Gasteiger partial charge is 0.204 e. The Kier molecular flexibility index (Phi) is 4.31. The van der Waals surface area contributed by atoms with Gasteiger partial charge in [0.05, 0.1) is 26.7 Å². The standard InChI is InChI=1S/C18H18O7/c1-23-14-7-13-15(17(22)18(14)24-2)16(21)10(8-25-13)5-9-3-4-11(19)12(20)6-9/h3-4,6-7,10,19-20,22H,5,8H2,1-2H3. The van der Waals surface area contributed by atoms with Gasteiger partial charge in [-0.2, -0.15) is 0 Å². The topological polar surface area (TPSA) is 105 Å². The van der Waals surface area contributed by atoms with Crippen LogP contribution in [0.3, 0.4) is 0 Å². The van der Waals surface area contributed by atoms with Crippen LogP contribution in [0.25, 0.3) is 0 Å². The lowest BCUT2D eigenvalue weighted by Crippen LogP contribution is -2.29. The van der Waals surface area contributed by atoms with Crippen molar-refractivity contribution < 1.29 is 34.3 Å². The maximum Gasteiger partial charge on any atom is 0.204 e. The van der Waals surface area contributed by atoms with Crippen LogP contribution in [0, 0.1) is 5.92 Å². The molecular formula is C18H18O7. The van der Waals surface area contributed by atoms with E-state index in [2.05, 4.69) is 0 Å². The molecule has 2 aromatic rings. The maximum absolute atomic E-state index is 12.8. The van der Waals surface area contributed by atoms with Crippen LogP contribution < -0.4 is 14.2 Å². The van der Waals surface area contributed by atoms with E-state index in [-0.39, 0.29) is 52.5 Å². The van der Waals surface area contributed by atoms with Crippen molar-refractivity contribution in [2.75, 3.05) is 20.8 Å². The van der Waals surface area contributed by atoms with Crippen LogP contribution in [-0.2, 0) is 6.42 Å². The zero-order valence-corrected chi connectivity index (χ0v) is 13.8. The van der Waals surface area contributed by atoms with Crippen molar-refractivity contribution in [1.82, 2.24) is 0 Å². The average molecular weight is 346 g/mol. The van der Waals surface area contributed by atoms with Crippen molar-refractivity contribution >= 4 is 5.78 Å². The summed E-state index contributed by atoms with van der Waals surface area (Å²) in [4.78, 5) is 12.8. The zero-order chi connectivity index (χ0) is 18.1. The number of carbonyl (C=O) groups is 1. The van der Waals surface area contributed by atoms with E-state index in [4.69, 9.17) is 14.2 Å². The average Bonchev–Trinajstić information content (AvgIpc) is 2.60. The Bertz CT molecular complexity index is 829. The molecule has 0 radical (unpaired) electrons. The maximum atomic E-state index is 12.8. The van der Waals surface area contributed by atoms with Crippen molar-refractivity contribution in [3.8, 4) is 34.5 Å². The van der Waals surface area contributed by atoms with E-state index in [0.717, 1.165) is 0 Å². The van der Waals surface area contributed by atoms with E-state index in [1.54, 1.807) is 6.07 Å². The van der Waals surface area contributed by atoms with E-state index in [1.165, 1.54) is 32.4 Å². The van der Waals surface area contributed by atoms with Crippen LogP contribution in [0.15, 0.2) is 24.3 Å². The van der Waals surface area contributed by atoms with Gasteiger partial charge in [0, 0.05) is 6.07 Å². The summed E-state index contributed by atoms with van der Waals surface area (Å²) < 4.78 is 15.9. The van der Waals surface area contributed by atoms with Crippen molar-refractivity contribution in [2.45, 2.75) is 6.42 Å². The number of ether oxygens (including phenoxy) is 3. The molecule has 0 bridgehead atoms. The predicted octanol–water partition coefficient (Wildman–Crippen LogP) is 2.25. The van der Waals surface area contributed by atoms with Gasteiger partial charge < -0.3 is 29.5 Å². The number of benzene rings is 2. The number of fused-ring (bicyclic) bond motifs is 1. The molecule has 0 aliphatic carbocycles. The minimum absolute atomic E-state index is 0.0527. The highest BCUT2D eigenvalue weighted by molar-refractivity contribution is 6.05. The number of carbonyl (C=O) groups excluding carboxylic acids is 1. The van der Waals surface area contributed by atoms with Gasteiger partial charge in [-0.05, 0) is 24.1 Å². The molecule has 0 aromatic heterocycles. The van der Waals surface area contributed by atoms with Crippen molar-refractivity contribution in [2.24, 2.45) is 5.92 Å². The molecule has 1 aliphatic rings. The molecule has 3 N–H and O–H groups in total. The highest BCUT2D eigenvalue weighted by atomic mass is 16.5. The molecule has 0 saturated heterocycles. The van der Waals surface area contributed by atoms with Gasteiger partial charge in [0.2, 0.25) is 5.75 Å². The van der Waals surface area contributed by atoms with E-state index in [0.29, 0.717) is 12.0 Å². The number of hydrogen-bond donors (Lipinski definition) is 3. The molecule has 132 valence electrons. The first-order chi connectivity index (χ1) is 12.0. The molecule has 25 heavy (non-hydrogen) atoms. The van der Waals surface area contributed by atoms with Gasteiger partial charge in [-0.15, -0.1) is 0 Å². The second-order valence-corrected chi connectivity index (χ2v) is 5.73. The van der Waals surface area contributed by atoms with Gasteiger partial charge in [-0.25, -0.2) is 0 Å². The van der Waals surface area contributed by atoms with Crippen molar-refractivity contribution in [3.05, 3.63) is 35.4 Å². The van der Waals surface area contributed by atoms with Gasteiger partial charge in [0.1, 0.15) is 11.3 Å². The number of methoxy groups -OCH3 is 2. The summed E-state index contributed by atoms with van der Waals surface area (Å²) in [5, 5.41) is 29.4. The summed E-state index contributed by atoms with van der Waals surface area (Å²) in [6.45, 7) is 0.127. The third-order valence-electron chi connectivity index (χ3n) is 4.19. The molecule has 1 atom stereocenters. The molecule has 0 fully saturated rings. The minimum Gasteiger partial charge on any atom is -0.504 e. The van der Waals surface area contributed by atoms with Crippen molar-refractivity contribution in [1.29, 1.82) is 0 Å². The summed E-state index contributed by atoms with van der Waals surface area (Å²) in [5.74, 6) is -1.04. The predicted molar refractivity (Wildman–Crippen MR) is 88.0 cm³/mol. The highest BCUT2D eigenvalue weighted by Gasteiger charge is 2.34. The fourth-order valence-electron chi connectivity index (χ4n) is 2.91. The molecule has 1 unspecified atom stereocenters. The SMILES string of the molecule is COc1cc2c(c(O)c1OC)C(=O)C(Cc1ccc(O)c(O)c1)CO2. The van der Waals surface area contributed by atoms with Crippen LogP contribution in [0.4, 0.5) is 0 Å². The number of hydrogen-bond acceptors (Lipinski definition) is 7. The second kappa shape index (κ2) is 6.43. The summed E-state index contributed by atoms with van der Waals surface area (Å²) in [5.41, 5.74) is 0.720. The molecule has 7 nitrogen and oxygen atoms in total. The lowest BCUT2D eigenvalue weighted by atomic mass is 9.88. The van der Waals surface area contributed by atoms with Gasteiger partial charge >= 0.3 is 0 Å². The van der Waals surface area contributed by atoms with E-state index < -0.39 is 5.92 Å². The molecule has 7 heteroatoms. The highest BCUT2D eigenvalue weighted by Crippen LogP contribution is 2.47. The number of ketones is 1. The fourth-order valence-corrected chi connectivity index (χ4v) is 2.91. The molecule has 2 aromatic carbocycles. The van der Waals surface area contributed by atoms with Gasteiger partial charge in [-0.1, -0.05) is 6.07 Å².